The maximum atomic E-state index is 12.0. The largest absolute Gasteiger partial charge is 0.481 e. The molecule has 1 aromatic rings. The van der Waals surface area contributed by atoms with Crippen molar-refractivity contribution in [3.63, 3.8) is 0 Å². The van der Waals surface area contributed by atoms with Crippen LogP contribution in [0.2, 0.25) is 0 Å². The van der Waals surface area contributed by atoms with E-state index in [-0.39, 0.29) is 12.3 Å². The average molecular weight is 278 g/mol. The summed E-state index contributed by atoms with van der Waals surface area (Å²) in [7, 11) is 0. The highest BCUT2D eigenvalue weighted by Crippen LogP contribution is 2.17. The van der Waals surface area contributed by atoms with Crippen molar-refractivity contribution in [2.45, 2.75) is 39.2 Å². The van der Waals surface area contributed by atoms with Crippen LogP contribution in [0.5, 0.6) is 0 Å². The molecule has 1 rings (SSSR count). The molecule has 0 saturated heterocycles. The maximum Gasteiger partial charge on any atom is 0.303 e. The lowest BCUT2D eigenvalue weighted by Crippen LogP contribution is -2.36. The smallest absolute Gasteiger partial charge is 0.303 e. The number of carboxylic acids is 1. The van der Waals surface area contributed by atoms with E-state index < -0.39 is 12.0 Å². The van der Waals surface area contributed by atoms with Gasteiger partial charge in [0.15, 0.2) is 0 Å². The SMILES string of the molecule is CC(C)CC(N)C(=O)Nc1ccccc1CCC(=O)O. The predicted octanol–water partition coefficient (Wildman–Crippen LogP) is 2.02. The van der Waals surface area contributed by atoms with Gasteiger partial charge in [0.2, 0.25) is 5.91 Å². The van der Waals surface area contributed by atoms with Gasteiger partial charge >= 0.3 is 5.97 Å². The lowest BCUT2D eigenvalue weighted by Gasteiger charge is -2.16. The third-order valence-corrected chi connectivity index (χ3v) is 2.95. The summed E-state index contributed by atoms with van der Waals surface area (Å²) in [6.07, 6.45) is 1.03. The second kappa shape index (κ2) is 7.65. The van der Waals surface area contributed by atoms with Gasteiger partial charge in [0.1, 0.15) is 0 Å². The van der Waals surface area contributed by atoms with Crippen LogP contribution in [0.15, 0.2) is 24.3 Å². The molecule has 0 bridgehead atoms. The van der Waals surface area contributed by atoms with Gasteiger partial charge in [-0.05, 0) is 30.4 Å². The molecule has 0 fully saturated rings. The number of benzene rings is 1. The standard InChI is InChI=1S/C15H22N2O3/c1-10(2)9-12(16)15(20)17-13-6-4-3-5-11(13)7-8-14(18)19/h3-6,10,12H,7-9,16H2,1-2H3,(H,17,20)(H,18,19). The summed E-state index contributed by atoms with van der Waals surface area (Å²) < 4.78 is 0. The molecule has 0 saturated carbocycles. The molecule has 1 atom stereocenters. The van der Waals surface area contributed by atoms with Crippen LogP contribution in [-0.2, 0) is 16.0 Å². The highest BCUT2D eigenvalue weighted by molar-refractivity contribution is 5.95. The topological polar surface area (TPSA) is 92.4 Å². The molecule has 0 heterocycles. The van der Waals surface area contributed by atoms with E-state index in [1.807, 2.05) is 26.0 Å². The first-order valence-electron chi connectivity index (χ1n) is 6.76. The second-order valence-corrected chi connectivity index (χ2v) is 5.28. The van der Waals surface area contributed by atoms with E-state index in [9.17, 15) is 9.59 Å². The summed E-state index contributed by atoms with van der Waals surface area (Å²) >= 11 is 0. The Morgan fingerprint density at radius 1 is 1.30 bits per heavy atom. The van der Waals surface area contributed by atoms with Crippen molar-refractivity contribution >= 4 is 17.6 Å². The van der Waals surface area contributed by atoms with Crippen LogP contribution in [0.4, 0.5) is 5.69 Å². The Bertz CT molecular complexity index is 472. The van der Waals surface area contributed by atoms with Crippen LogP contribution in [0.3, 0.4) is 0 Å². The molecule has 5 nitrogen and oxygen atoms in total. The van der Waals surface area contributed by atoms with Gasteiger partial charge in [-0.2, -0.15) is 0 Å². The van der Waals surface area contributed by atoms with Crippen LogP contribution in [0, 0.1) is 5.92 Å². The second-order valence-electron chi connectivity index (χ2n) is 5.28. The summed E-state index contributed by atoms with van der Waals surface area (Å²) in [6, 6.07) is 6.64. The molecule has 20 heavy (non-hydrogen) atoms. The van der Waals surface area contributed by atoms with Gasteiger partial charge in [0.25, 0.3) is 0 Å². The van der Waals surface area contributed by atoms with Crippen LogP contribution in [0.25, 0.3) is 0 Å². The van der Waals surface area contributed by atoms with E-state index in [2.05, 4.69) is 5.32 Å². The molecule has 5 heteroatoms. The number of carbonyl (C=O) groups excluding carboxylic acids is 1. The first-order valence-corrected chi connectivity index (χ1v) is 6.76. The Morgan fingerprint density at radius 3 is 2.55 bits per heavy atom. The van der Waals surface area contributed by atoms with E-state index in [1.54, 1.807) is 12.1 Å². The summed E-state index contributed by atoms with van der Waals surface area (Å²) in [6.45, 7) is 4.02. The minimum Gasteiger partial charge on any atom is -0.481 e. The summed E-state index contributed by atoms with van der Waals surface area (Å²) in [4.78, 5) is 22.6. The van der Waals surface area contributed by atoms with Gasteiger partial charge in [-0.3, -0.25) is 9.59 Å². The number of aliphatic carboxylic acids is 1. The molecule has 1 unspecified atom stereocenters. The Labute approximate surface area is 119 Å². The van der Waals surface area contributed by atoms with Gasteiger partial charge in [-0.15, -0.1) is 0 Å². The number of nitrogens with one attached hydrogen (secondary N) is 1. The summed E-state index contributed by atoms with van der Waals surface area (Å²) in [5.74, 6) is -0.748. The van der Waals surface area contributed by atoms with Gasteiger partial charge in [0, 0.05) is 12.1 Å². The predicted molar refractivity (Wildman–Crippen MR) is 78.5 cm³/mol. The zero-order valence-corrected chi connectivity index (χ0v) is 11.9. The first-order chi connectivity index (χ1) is 9.40. The molecule has 0 aliphatic heterocycles. The van der Waals surface area contributed by atoms with Crippen molar-refractivity contribution in [1.82, 2.24) is 0 Å². The number of carbonyl (C=O) groups is 2. The van der Waals surface area contributed by atoms with E-state index in [4.69, 9.17) is 10.8 Å². The first kappa shape index (κ1) is 16.2. The normalized spacial score (nSPS) is 12.2. The van der Waals surface area contributed by atoms with E-state index in [0.717, 1.165) is 5.56 Å². The molecule has 1 amide bonds. The molecule has 110 valence electrons. The number of anilines is 1. The highest BCUT2D eigenvalue weighted by atomic mass is 16.4. The van der Waals surface area contributed by atoms with Crippen molar-refractivity contribution in [3.8, 4) is 0 Å². The van der Waals surface area contributed by atoms with Crippen molar-refractivity contribution in [1.29, 1.82) is 0 Å². The van der Waals surface area contributed by atoms with Crippen molar-refractivity contribution in [3.05, 3.63) is 29.8 Å². The number of hydrogen-bond donors (Lipinski definition) is 3. The van der Waals surface area contributed by atoms with Gasteiger partial charge < -0.3 is 16.2 Å². The minimum absolute atomic E-state index is 0.0327. The number of nitrogens with two attached hydrogens (primary N) is 1. The van der Waals surface area contributed by atoms with Gasteiger partial charge in [0.05, 0.1) is 6.04 Å². The molecule has 1 aromatic carbocycles. The fraction of sp³-hybridized carbons (Fsp3) is 0.467. The van der Waals surface area contributed by atoms with Crippen molar-refractivity contribution < 1.29 is 14.7 Å². The highest BCUT2D eigenvalue weighted by Gasteiger charge is 2.16. The molecular weight excluding hydrogens is 256 g/mol. The molecule has 0 aliphatic rings. The molecule has 4 N–H and O–H groups in total. The van der Waals surface area contributed by atoms with E-state index >= 15 is 0 Å². The zero-order valence-electron chi connectivity index (χ0n) is 11.9. The quantitative estimate of drug-likeness (QED) is 0.711. The number of rotatable bonds is 7. The Balaban J connectivity index is 2.71. The number of hydrogen-bond acceptors (Lipinski definition) is 3. The fourth-order valence-corrected chi connectivity index (χ4v) is 1.94. The Kier molecular flexibility index (Phi) is 6.18. The average Bonchev–Trinajstić information content (AvgIpc) is 2.36. The molecule has 0 radical (unpaired) electrons. The minimum atomic E-state index is -0.859. The van der Waals surface area contributed by atoms with Crippen molar-refractivity contribution in [2.24, 2.45) is 11.7 Å². The zero-order chi connectivity index (χ0) is 15.1. The number of para-hydroxylation sites is 1. The number of amides is 1. The fourth-order valence-electron chi connectivity index (χ4n) is 1.94. The van der Waals surface area contributed by atoms with Crippen molar-refractivity contribution in [2.75, 3.05) is 5.32 Å². The Morgan fingerprint density at radius 2 is 1.95 bits per heavy atom. The number of aryl methyl sites for hydroxylation is 1. The number of carboxylic acid groups (broad SMARTS) is 1. The Hall–Kier alpha value is -1.88. The van der Waals surface area contributed by atoms with Crippen LogP contribution in [-0.4, -0.2) is 23.0 Å². The molecule has 0 aliphatic carbocycles. The van der Waals surface area contributed by atoms with Crippen LogP contribution in [0.1, 0.15) is 32.3 Å². The van der Waals surface area contributed by atoms with Crippen LogP contribution < -0.4 is 11.1 Å². The molecular formula is C15H22N2O3. The van der Waals surface area contributed by atoms with Gasteiger partial charge in [-0.25, -0.2) is 0 Å². The van der Waals surface area contributed by atoms with Gasteiger partial charge in [-0.1, -0.05) is 32.0 Å². The molecule has 0 spiro atoms. The lowest BCUT2D eigenvalue weighted by molar-refractivity contribution is -0.136. The van der Waals surface area contributed by atoms with Crippen LogP contribution >= 0.6 is 0 Å². The third kappa shape index (κ3) is 5.40. The summed E-state index contributed by atoms with van der Waals surface area (Å²) in [5, 5.41) is 11.5. The van der Waals surface area contributed by atoms with E-state index in [1.165, 1.54) is 0 Å². The third-order valence-electron chi connectivity index (χ3n) is 2.95. The lowest BCUT2D eigenvalue weighted by atomic mass is 10.0. The summed E-state index contributed by atoms with van der Waals surface area (Å²) in [5.41, 5.74) is 7.27. The molecule has 0 aromatic heterocycles. The monoisotopic (exact) mass is 278 g/mol. The van der Waals surface area contributed by atoms with E-state index in [0.29, 0.717) is 24.4 Å². The maximum absolute atomic E-state index is 12.0.